The molecule has 0 fully saturated rings. The smallest absolute Gasteiger partial charge is 0.254 e. The fraction of sp³-hybridized carbons (Fsp3) is 0.357. The zero-order valence-corrected chi connectivity index (χ0v) is 22.2. The lowest BCUT2D eigenvalue weighted by Crippen LogP contribution is -2.48. The number of amides is 2. The largest absolute Gasteiger partial charge is 0.497 e. The molecule has 0 bridgehead atoms. The molecular weight excluding hydrogens is 492 g/mol. The fourth-order valence-corrected chi connectivity index (χ4v) is 5.29. The van der Waals surface area contributed by atoms with Crippen LogP contribution < -0.4 is 14.2 Å². The van der Waals surface area contributed by atoms with E-state index < -0.39 is 0 Å². The van der Waals surface area contributed by atoms with Crippen molar-refractivity contribution in [3.05, 3.63) is 76.0 Å². The third kappa shape index (κ3) is 6.42. The maximum Gasteiger partial charge on any atom is 0.254 e. The lowest BCUT2D eigenvalue weighted by atomic mass is 10.0. The van der Waals surface area contributed by atoms with Crippen LogP contribution in [0.4, 0.5) is 0 Å². The Morgan fingerprint density at radius 2 is 1.76 bits per heavy atom. The average Bonchev–Trinajstić information content (AvgIpc) is 3.43. The molecule has 3 aromatic rings. The SMILES string of the molecule is COCCN(CC(=O)N1CCc2sccc2C1COc1cccc(OC)c1)C(=O)c1ccc(OC)cc1. The minimum absolute atomic E-state index is 0.0522. The van der Waals surface area contributed by atoms with E-state index in [2.05, 4.69) is 11.4 Å². The van der Waals surface area contributed by atoms with Gasteiger partial charge in [-0.1, -0.05) is 6.07 Å². The van der Waals surface area contributed by atoms with E-state index in [4.69, 9.17) is 18.9 Å². The second kappa shape index (κ2) is 12.6. The standard InChI is InChI=1S/C28H32N2O6S/c1-33-15-14-29(28(32)20-7-9-21(34-2)10-8-20)18-27(31)30-13-11-26-24(12-16-37-26)25(30)19-36-23-6-4-5-22(17-23)35-3/h4-10,12,16-17,25H,11,13-15,18-19H2,1-3H3. The molecule has 1 unspecified atom stereocenters. The number of hydrogen-bond donors (Lipinski definition) is 0. The summed E-state index contributed by atoms with van der Waals surface area (Å²) in [4.78, 5) is 31.6. The molecule has 0 radical (unpaired) electrons. The molecule has 1 aliphatic rings. The number of fused-ring (bicyclic) bond motifs is 1. The maximum atomic E-state index is 13.7. The van der Waals surface area contributed by atoms with Crippen LogP contribution in [0, 0.1) is 0 Å². The first-order chi connectivity index (χ1) is 18.0. The van der Waals surface area contributed by atoms with Crippen LogP contribution in [0.2, 0.25) is 0 Å². The van der Waals surface area contributed by atoms with Crippen molar-refractivity contribution in [3.8, 4) is 17.2 Å². The fourth-order valence-electron chi connectivity index (χ4n) is 4.36. The van der Waals surface area contributed by atoms with Gasteiger partial charge < -0.3 is 28.7 Å². The molecule has 0 saturated carbocycles. The summed E-state index contributed by atoms with van der Waals surface area (Å²) in [5.74, 6) is 1.68. The Balaban J connectivity index is 1.51. The molecule has 4 rings (SSSR count). The number of carbonyl (C=O) groups excluding carboxylic acids is 2. The van der Waals surface area contributed by atoms with Crippen molar-refractivity contribution in [1.82, 2.24) is 9.80 Å². The van der Waals surface area contributed by atoms with E-state index in [1.54, 1.807) is 56.9 Å². The highest BCUT2D eigenvalue weighted by Gasteiger charge is 2.33. The van der Waals surface area contributed by atoms with E-state index >= 15 is 0 Å². The molecule has 9 heteroatoms. The van der Waals surface area contributed by atoms with Crippen LogP contribution in [-0.2, 0) is 16.0 Å². The highest BCUT2D eigenvalue weighted by molar-refractivity contribution is 7.10. The molecule has 0 spiro atoms. The number of nitrogens with zero attached hydrogens (tertiary/aromatic N) is 2. The van der Waals surface area contributed by atoms with E-state index in [-0.39, 0.29) is 24.4 Å². The van der Waals surface area contributed by atoms with Crippen LogP contribution in [-0.4, -0.2) is 75.8 Å². The van der Waals surface area contributed by atoms with Crippen molar-refractivity contribution in [2.75, 3.05) is 54.2 Å². The molecule has 0 saturated heterocycles. The number of carbonyl (C=O) groups is 2. The normalized spacial score (nSPS) is 14.6. The van der Waals surface area contributed by atoms with Gasteiger partial charge in [0.05, 0.1) is 26.9 Å². The van der Waals surface area contributed by atoms with Gasteiger partial charge in [-0.25, -0.2) is 0 Å². The van der Waals surface area contributed by atoms with E-state index in [1.807, 2.05) is 29.2 Å². The summed E-state index contributed by atoms with van der Waals surface area (Å²) in [5.41, 5.74) is 1.58. The zero-order valence-electron chi connectivity index (χ0n) is 21.3. The highest BCUT2D eigenvalue weighted by atomic mass is 32.1. The first-order valence-corrected chi connectivity index (χ1v) is 13.0. The molecule has 37 heavy (non-hydrogen) atoms. The minimum Gasteiger partial charge on any atom is -0.497 e. The maximum absolute atomic E-state index is 13.7. The molecule has 8 nitrogen and oxygen atoms in total. The molecule has 2 heterocycles. The second-order valence-electron chi connectivity index (χ2n) is 8.59. The summed E-state index contributed by atoms with van der Waals surface area (Å²) in [6.45, 7) is 1.44. The third-order valence-corrected chi connectivity index (χ3v) is 7.38. The van der Waals surface area contributed by atoms with Crippen LogP contribution in [0.1, 0.15) is 26.8 Å². The quantitative estimate of drug-likeness (QED) is 0.377. The van der Waals surface area contributed by atoms with Crippen molar-refractivity contribution in [3.63, 3.8) is 0 Å². The molecule has 2 aromatic carbocycles. The topological polar surface area (TPSA) is 77.5 Å². The van der Waals surface area contributed by atoms with E-state index in [9.17, 15) is 9.59 Å². The van der Waals surface area contributed by atoms with E-state index in [0.717, 1.165) is 12.0 Å². The van der Waals surface area contributed by atoms with Crippen LogP contribution in [0.5, 0.6) is 17.2 Å². The molecule has 0 aliphatic carbocycles. The lowest BCUT2D eigenvalue weighted by Gasteiger charge is -2.37. The molecule has 1 aromatic heterocycles. The van der Waals surface area contributed by atoms with Gasteiger partial charge in [-0.05, 0) is 59.8 Å². The Labute approximate surface area is 221 Å². The van der Waals surface area contributed by atoms with E-state index in [0.29, 0.717) is 49.1 Å². The van der Waals surface area contributed by atoms with Gasteiger partial charge in [0.15, 0.2) is 0 Å². The van der Waals surface area contributed by atoms with Gasteiger partial charge in [0.25, 0.3) is 5.91 Å². The molecule has 0 N–H and O–H groups in total. The van der Waals surface area contributed by atoms with Crippen molar-refractivity contribution in [2.45, 2.75) is 12.5 Å². The Hall–Kier alpha value is -3.56. The minimum atomic E-state index is -0.255. The zero-order chi connectivity index (χ0) is 26.2. The van der Waals surface area contributed by atoms with Crippen LogP contribution >= 0.6 is 11.3 Å². The van der Waals surface area contributed by atoms with Gasteiger partial charge >= 0.3 is 0 Å². The van der Waals surface area contributed by atoms with Gasteiger partial charge in [0, 0.05) is 36.7 Å². The van der Waals surface area contributed by atoms with E-state index in [1.165, 1.54) is 9.78 Å². The van der Waals surface area contributed by atoms with Crippen molar-refractivity contribution < 1.29 is 28.5 Å². The summed E-state index contributed by atoms with van der Waals surface area (Å²) < 4.78 is 21.8. The number of thiophene rings is 1. The Morgan fingerprint density at radius 1 is 1.00 bits per heavy atom. The summed E-state index contributed by atoms with van der Waals surface area (Å²) in [5, 5.41) is 2.05. The van der Waals surface area contributed by atoms with Gasteiger partial charge in [-0.15, -0.1) is 11.3 Å². The van der Waals surface area contributed by atoms with Gasteiger partial charge in [0.1, 0.15) is 30.4 Å². The summed E-state index contributed by atoms with van der Waals surface area (Å²) in [6.07, 6.45) is 0.777. The predicted octanol–water partition coefficient (Wildman–Crippen LogP) is 4.06. The lowest BCUT2D eigenvalue weighted by molar-refractivity contribution is -0.135. The molecule has 196 valence electrons. The first kappa shape index (κ1) is 26.5. The van der Waals surface area contributed by atoms with Crippen molar-refractivity contribution in [1.29, 1.82) is 0 Å². The number of rotatable bonds is 11. The average molecular weight is 525 g/mol. The number of methoxy groups -OCH3 is 3. The van der Waals surface area contributed by atoms with Crippen LogP contribution in [0.15, 0.2) is 60.0 Å². The predicted molar refractivity (Wildman–Crippen MR) is 142 cm³/mol. The van der Waals surface area contributed by atoms with Crippen LogP contribution in [0.3, 0.4) is 0 Å². The first-order valence-electron chi connectivity index (χ1n) is 12.1. The number of ether oxygens (including phenoxy) is 4. The Kier molecular flexibility index (Phi) is 9.03. The van der Waals surface area contributed by atoms with Gasteiger partial charge in [-0.3, -0.25) is 9.59 Å². The molecular formula is C28H32N2O6S. The van der Waals surface area contributed by atoms with Crippen molar-refractivity contribution >= 4 is 23.2 Å². The molecule has 2 amide bonds. The molecule has 1 atom stereocenters. The second-order valence-corrected chi connectivity index (χ2v) is 9.59. The highest BCUT2D eigenvalue weighted by Crippen LogP contribution is 2.34. The summed E-state index contributed by atoms with van der Waals surface area (Å²) in [7, 11) is 4.76. The van der Waals surface area contributed by atoms with Crippen molar-refractivity contribution in [2.24, 2.45) is 0 Å². The molecule has 1 aliphatic heterocycles. The van der Waals surface area contributed by atoms with Gasteiger partial charge in [-0.2, -0.15) is 0 Å². The summed E-state index contributed by atoms with van der Waals surface area (Å²) >= 11 is 1.70. The third-order valence-electron chi connectivity index (χ3n) is 6.38. The number of benzene rings is 2. The van der Waals surface area contributed by atoms with Gasteiger partial charge in [0.2, 0.25) is 5.91 Å². The summed E-state index contributed by atoms with van der Waals surface area (Å²) in [6, 6.07) is 16.1. The van der Waals surface area contributed by atoms with Crippen LogP contribution in [0.25, 0.3) is 0 Å². The Bertz CT molecular complexity index is 1200. The number of hydrogen-bond acceptors (Lipinski definition) is 7. The monoisotopic (exact) mass is 524 g/mol. The Morgan fingerprint density at radius 3 is 2.49 bits per heavy atom.